The minimum absolute atomic E-state index is 0.223. The number of hydrogen-bond donors (Lipinski definition) is 1. The van der Waals surface area contributed by atoms with Gasteiger partial charge in [-0.25, -0.2) is 0 Å². The normalized spacial score (nSPS) is 15.8. The van der Waals surface area contributed by atoms with Crippen LogP contribution in [0.4, 0.5) is 0 Å². The first-order valence-electron chi connectivity index (χ1n) is 8.79. The third-order valence-electron chi connectivity index (χ3n) is 3.15. The molecule has 0 aromatic heterocycles. The minimum Gasteiger partial charge on any atom is -0.481 e. The Labute approximate surface area is 116 Å². The molecular formula is C16H32O2. The maximum absolute atomic E-state index is 10.3. The van der Waals surface area contributed by atoms with Crippen molar-refractivity contribution in [3.63, 3.8) is 0 Å². The van der Waals surface area contributed by atoms with Gasteiger partial charge < -0.3 is 5.11 Å². The SMILES string of the molecule is [2H]C(CCCCCC)C([2H])CCCCCCCC(=O)O. The molecule has 0 amide bonds. The van der Waals surface area contributed by atoms with Gasteiger partial charge in [-0.1, -0.05) is 83.9 Å². The van der Waals surface area contributed by atoms with Crippen LogP contribution >= 0.6 is 0 Å². The maximum atomic E-state index is 10.3. The number of rotatable bonds is 14. The number of unbranched alkanes of at least 4 members (excludes halogenated alkanes) is 7. The van der Waals surface area contributed by atoms with Crippen LogP contribution in [0.2, 0.25) is 0 Å². The highest BCUT2D eigenvalue weighted by atomic mass is 16.4. The zero-order valence-corrected chi connectivity index (χ0v) is 12.0. The van der Waals surface area contributed by atoms with Crippen molar-refractivity contribution in [2.45, 2.75) is 96.8 Å². The summed E-state index contributed by atoms with van der Waals surface area (Å²) in [7, 11) is 0. The third kappa shape index (κ3) is 15.5. The second-order valence-electron chi connectivity index (χ2n) is 5.02. The zero-order chi connectivity index (χ0) is 15.2. The molecule has 0 fully saturated rings. The molecule has 0 aliphatic carbocycles. The average molecular weight is 258 g/mol. The molecule has 0 rings (SSSR count). The Morgan fingerprint density at radius 1 is 0.833 bits per heavy atom. The topological polar surface area (TPSA) is 37.3 Å². The van der Waals surface area contributed by atoms with E-state index < -0.39 is 5.97 Å². The standard InChI is InChI=1S/C16H32O2/c1-2-3-4-5-6-7-8-9-10-11-12-13-14-15-16(17)18/h2-15H2,1H3,(H,17,18)/i7D,8D. The first kappa shape index (κ1) is 13.9. The largest absolute Gasteiger partial charge is 0.481 e. The van der Waals surface area contributed by atoms with Gasteiger partial charge in [0.15, 0.2) is 0 Å². The first-order valence-corrected chi connectivity index (χ1v) is 7.64. The summed E-state index contributed by atoms with van der Waals surface area (Å²) in [5.41, 5.74) is 0. The molecule has 0 saturated carbocycles. The van der Waals surface area contributed by atoms with E-state index in [1.165, 1.54) is 19.3 Å². The van der Waals surface area contributed by atoms with Crippen LogP contribution in [-0.4, -0.2) is 11.1 Å². The second kappa shape index (κ2) is 14.5. The van der Waals surface area contributed by atoms with E-state index in [0.29, 0.717) is 0 Å². The molecule has 108 valence electrons. The van der Waals surface area contributed by atoms with Crippen molar-refractivity contribution in [2.75, 3.05) is 0 Å². The smallest absolute Gasteiger partial charge is 0.303 e. The number of hydrogen-bond acceptors (Lipinski definition) is 1. The van der Waals surface area contributed by atoms with E-state index in [1.54, 1.807) is 0 Å². The van der Waals surface area contributed by atoms with Gasteiger partial charge in [0, 0.05) is 9.16 Å². The van der Waals surface area contributed by atoms with E-state index in [0.717, 1.165) is 51.4 Å². The highest BCUT2D eigenvalue weighted by Gasteiger charge is 1.96. The monoisotopic (exact) mass is 258 g/mol. The molecule has 0 aromatic rings. The fraction of sp³-hybridized carbons (Fsp3) is 0.938. The van der Waals surface area contributed by atoms with Crippen LogP contribution in [-0.2, 0) is 4.79 Å². The lowest BCUT2D eigenvalue weighted by Gasteiger charge is -2.02. The van der Waals surface area contributed by atoms with Crippen LogP contribution in [0.5, 0.6) is 0 Å². The van der Waals surface area contributed by atoms with Crippen LogP contribution in [0.1, 0.15) is 99.5 Å². The molecule has 0 saturated heterocycles. The van der Waals surface area contributed by atoms with E-state index in [1.807, 2.05) is 0 Å². The summed E-state index contributed by atoms with van der Waals surface area (Å²) in [6.07, 6.45) is 11.1. The summed E-state index contributed by atoms with van der Waals surface area (Å²) < 4.78 is 15.9. The summed E-state index contributed by atoms with van der Waals surface area (Å²) in [4.78, 5) is 10.3. The van der Waals surface area contributed by atoms with Crippen LogP contribution in [0, 0.1) is 0 Å². The lowest BCUT2D eigenvalue weighted by molar-refractivity contribution is -0.137. The van der Waals surface area contributed by atoms with Crippen LogP contribution in [0.25, 0.3) is 0 Å². The number of carboxylic acids is 1. The molecule has 0 aromatic carbocycles. The number of aliphatic carboxylic acids is 1. The van der Waals surface area contributed by atoms with Gasteiger partial charge in [0.05, 0.1) is 0 Å². The highest BCUT2D eigenvalue weighted by Crippen LogP contribution is 2.12. The summed E-state index contributed by atoms with van der Waals surface area (Å²) in [6, 6.07) is 0. The quantitative estimate of drug-likeness (QED) is 0.415. The van der Waals surface area contributed by atoms with Crippen molar-refractivity contribution in [1.29, 1.82) is 0 Å². The van der Waals surface area contributed by atoms with Gasteiger partial charge in [0.25, 0.3) is 0 Å². The molecule has 0 spiro atoms. The summed E-state index contributed by atoms with van der Waals surface area (Å²) in [5, 5.41) is 8.51. The molecular weight excluding hydrogens is 224 g/mol. The van der Waals surface area contributed by atoms with E-state index in [-0.39, 0.29) is 19.2 Å². The molecule has 2 atom stereocenters. The Morgan fingerprint density at radius 3 is 1.78 bits per heavy atom. The van der Waals surface area contributed by atoms with Crippen molar-refractivity contribution >= 4 is 5.97 Å². The Hall–Kier alpha value is -0.530. The van der Waals surface area contributed by atoms with E-state index in [2.05, 4.69) is 6.92 Å². The molecule has 0 aliphatic heterocycles. The minimum atomic E-state index is -0.712. The van der Waals surface area contributed by atoms with Gasteiger partial charge in [-0.2, -0.15) is 0 Å². The third-order valence-corrected chi connectivity index (χ3v) is 3.15. The molecule has 0 bridgehead atoms. The van der Waals surface area contributed by atoms with Crippen molar-refractivity contribution in [3.05, 3.63) is 0 Å². The molecule has 0 heterocycles. The summed E-state index contributed by atoms with van der Waals surface area (Å²) in [6.45, 7) is 2.18. The Morgan fingerprint density at radius 2 is 1.28 bits per heavy atom. The Kier molecular flexibility index (Phi) is 11.2. The van der Waals surface area contributed by atoms with Crippen LogP contribution in [0.15, 0.2) is 0 Å². The molecule has 2 unspecified atom stereocenters. The lowest BCUT2D eigenvalue weighted by atomic mass is 10.0. The molecule has 2 nitrogen and oxygen atoms in total. The second-order valence-corrected chi connectivity index (χ2v) is 5.02. The van der Waals surface area contributed by atoms with Crippen molar-refractivity contribution < 1.29 is 12.6 Å². The zero-order valence-electron chi connectivity index (χ0n) is 14.0. The predicted molar refractivity (Wildman–Crippen MR) is 77.9 cm³/mol. The van der Waals surface area contributed by atoms with Gasteiger partial charge in [-0.15, -0.1) is 0 Å². The molecule has 1 N–H and O–H groups in total. The molecule has 0 aliphatic rings. The van der Waals surface area contributed by atoms with Gasteiger partial charge in [0.1, 0.15) is 0 Å². The van der Waals surface area contributed by atoms with E-state index >= 15 is 0 Å². The van der Waals surface area contributed by atoms with Crippen LogP contribution in [0.3, 0.4) is 0 Å². The fourth-order valence-corrected chi connectivity index (χ4v) is 1.99. The van der Waals surface area contributed by atoms with Gasteiger partial charge in [0.2, 0.25) is 0 Å². The van der Waals surface area contributed by atoms with Crippen molar-refractivity contribution in [1.82, 2.24) is 0 Å². The first-order chi connectivity index (χ1) is 9.57. The predicted octanol–water partition coefficient (Wildman–Crippen LogP) is 5.55. The van der Waals surface area contributed by atoms with E-state index in [9.17, 15) is 4.79 Å². The highest BCUT2D eigenvalue weighted by molar-refractivity contribution is 5.66. The lowest BCUT2D eigenvalue weighted by Crippen LogP contribution is -1.93. The average Bonchev–Trinajstić information content (AvgIpc) is 2.41. The van der Waals surface area contributed by atoms with Crippen LogP contribution < -0.4 is 0 Å². The summed E-state index contributed by atoms with van der Waals surface area (Å²) >= 11 is 0. The maximum Gasteiger partial charge on any atom is 0.303 e. The molecule has 0 radical (unpaired) electrons. The number of carbonyl (C=O) groups is 1. The molecule has 18 heavy (non-hydrogen) atoms. The summed E-state index contributed by atoms with van der Waals surface area (Å²) in [5.74, 6) is -0.712. The fourth-order valence-electron chi connectivity index (χ4n) is 1.99. The van der Waals surface area contributed by atoms with Crippen molar-refractivity contribution in [3.8, 4) is 0 Å². The molecule has 2 heteroatoms. The Balaban J connectivity index is 3.38. The van der Waals surface area contributed by atoms with Gasteiger partial charge in [-0.05, 0) is 6.42 Å². The van der Waals surface area contributed by atoms with Gasteiger partial charge in [-0.3, -0.25) is 4.79 Å². The van der Waals surface area contributed by atoms with E-state index in [4.69, 9.17) is 7.85 Å². The van der Waals surface area contributed by atoms with Crippen molar-refractivity contribution in [2.24, 2.45) is 0 Å². The Bertz CT molecular complexity index is 235. The number of carboxylic acid groups (broad SMARTS) is 1. The van der Waals surface area contributed by atoms with Gasteiger partial charge >= 0.3 is 5.97 Å².